The van der Waals surface area contributed by atoms with Crippen molar-refractivity contribution in [2.24, 2.45) is 0 Å². The van der Waals surface area contributed by atoms with E-state index in [-0.39, 0.29) is 0 Å². The van der Waals surface area contributed by atoms with Crippen LogP contribution < -0.4 is 5.43 Å². The maximum atomic E-state index is 8.89. The average Bonchev–Trinajstić information content (AvgIpc) is 1.64. The van der Waals surface area contributed by atoms with Crippen LogP contribution in [0.1, 0.15) is 13.8 Å². The zero-order chi connectivity index (χ0) is 7.44. The largest absolute Gasteiger partial charge is 0.377 e. The van der Waals surface area contributed by atoms with Gasteiger partial charge in [0.15, 0.2) is 0 Å². The van der Waals surface area contributed by atoms with Gasteiger partial charge < -0.3 is 10.2 Å². The number of aliphatic hydroxyl groups is 2. The lowest BCUT2D eigenvalue weighted by molar-refractivity contribution is -0.111. The summed E-state index contributed by atoms with van der Waals surface area (Å²) in [5.74, 6) is 0. The minimum Gasteiger partial charge on any atom is -0.377 e. The summed E-state index contributed by atoms with van der Waals surface area (Å²) in [5.41, 5.74) is 2.63. The Bertz CT molecular complexity index is 67.4. The molecule has 2 atom stereocenters. The zero-order valence-corrected chi connectivity index (χ0v) is 6.00. The predicted molar refractivity (Wildman–Crippen MR) is 34.3 cm³/mol. The van der Waals surface area contributed by atoms with E-state index in [1.807, 2.05) is 0 Å². The summed E-state index contributed by atoms with van der Waals surface area (Å²) in [5, 5.41) is 19.1. The molecule has 0 aromatic heterocycles. The molecule has 0 aromatic rings. The van der Waals surface area contributed by atoms with Gasteiger partial charge in [-0.05, 0) is 20.9 Å². The van der Waals surface area contributed by atoms with Crippen molar-refractivity contribution in [1.29, 1.82) is 0 Å². The van der Waals surface area contributed by atoms with Gasteiger partial charge in [-0.1, -0.05) is 0 Å². The van der Waals surface area contributed by atoms with Crippen LogP contribution in [0.2, 0.25) is 0 Å². The number of hydrazine groups is 1. The summed E-state index contributed by atoms with van der Waals surface area (Å²) in [4.78, 5) is 0. The van der Waals surface area contributed by atoms with Gasteiger partial charge in [0.2, 0.25) is 0 Å². The molecule has 0 heterocycles. The van der Waals surface area contributed by atoms with E-state index in [1.165, 1.54) is 5.01 Å². The number of rotatable bonds is 3. The first-order chi connectivity index (χ1) is 4.09. The molecule has 9 heavy (non-hydrogen) atoms. The molecule has 0 radical (unpaired) electrons. The Balaban J connectivity index is 3.68. The van der Waals surface area contributed by atoms with E-state index >= 15 is 0 Å². The summed E-state index contributed by atoms with van der Waals surface area (Å²) in [6.07, 6.45) is -1.34. The van der Waals surface area contributed by atoms with Gasteiger partial charge in [-0.25, -0.2) is 0 Å². The van der Waals surface area contributed by atoms with Crippen molar-refractivity contribution in [3.8, 4) is 0 Å². The number of nitrogens with one attached hydrogen (secondary N) is 1. The molecule has 0 saturated heterocycles. The summed E-state index contributed by atoms with van der Waals surface area (Å²) in [6, 6.07) is 0. The number of aliphatic hydroxyl groups excluding tert-OH is 2. The Morgan fingerprint density at radius 1 is 1.22 bits per heavy atom. The van der Waals surface area contributed by atoms with Gasteiger partial charge in [0.25, 0.3) is 0 Å². The van der Waals surface area contributed by atoms with E-state index in [0.717, 1.165) is 0 Å². The lowest BCUT2D eigenvalue weighted by Crippen LogP contribution is -2.47. The third-order valence-corrected chi connectivity index (χ3v) is 1.06. The van der Waals surface area contributed by atoms with Crippen LogP contribution in [-0.2, 0) is 0 Å². The Kier molecular flexibility index (Phi) is 3.72. The summed E-state index contributed by atoms with van der Waals surface area (Å²) in [6.45, 7) is 3.15. The molecule has 3 N–H and O–H groups in total. The topological polar surface area (TPSA) is 55.7 Å². The highest BCUT2D eigenvalue weighted by molar-refractivity contribution is 4.48. The molecule has 0 aromatic carbocycles. The molecular weight excluding hydrogens is 120 g/mol. The van der Waals surface area contributed by atoms with Crippen molar-refractivity contribution >= 4 is 0 Å². The first kappa shape index (κ1) is 8.84. The van der Waals surface area contributed by atoms with Crippen LogP contribution in [0.3, 0.4) is 0 Å². The monoisotopic (exact) mass is 134 g/mol. The molecule has 0 spiro atoms. The highest BCUT2D eigenvalue weighted by Crippen LogP contribution is 1.93. The van der Waals surface area contributed by atoms with Crippen LogP contribution in [0.5, 0.6) is 0 Å². The summed E-state index contributed by atoms with van der Waals surface area (Å²) < 4.78 is 0. The van der Waals surface area contributed by atoms with Gasteiger partial charge in [0.1, 0.15) is 12.5 Å². The fourth-order valence-electron chi connectivity index (χ4n) is 0.686. The number of hydrogen-bond acceptors (Lipinski definition) is 4. The van der Waals surface area contributed by atoms with E-state index < -0.39 is 12.5 Å². The van der Waals surface area contributed by atoms with Crippen molar-refractivity contribution in [2.75, 3.05) is 7.05 Å². The minimum absolute atomic E-state index is 0.671. The average molecular weight is 134 g/mol. The molecule has 0 saturated carbocycles. The van der Waals surface area contributed by atoms with Crippen LogP contribution in [-0.4, -0.2) is 34.7 Å². The predicted octanol–water partition coefficient (Wildman–Crippen LogP) is -0.901. The van der Waals surface area contributed by atoms with Gasteiger partial charge in [-0.15, -0.1) is 0 Å². The summed E-state index contributed by atoms with van der Waals surface area (Å²) >= 11 is 0. The second-order valence-corrected chi connectivity index (χ2v) is 1.89. The molecule has 0 bridgehead atoms. The standard InChI is InChI=1S/C5H14N2O2/c1-4(8)7(6-3)5(2)9/h4-6,8-9H,1-3H3. The van der Waals surface area contributed by atoms with Gasteiger partial charge in [-0.2, -0.15) is 5.01 Å². The molecule has 0 aliphatic rings. The van der Waals surface area contributed by atoms with E-state index in [9.17, 15) is 0 Å². The van der Waals surface area contributed by atoms with E-state index in [4.69, 9.17) is 10.2 Å². The maximum absolute atomic E-state index is 8.89. The van der Waals surface area contributed by atoms with Crippen molar-refractivity contribution in [3.63, 3.8) is 0 Å². The van der Waals surface area contributed by atoms with Crippen molar-refractivity contribution in [2.45, 2.75) is 26.3 Å². The smallest absolute Gasteiger partial charge is 0.119 e. The second kappa shape index (κ2) is 3.79. The van der Waals surface area contributed by atoms with E-state index in [0.29, 0.717) is 0 Å². The van der Waals surface area contributed by atoms with E-state index in [2.05, 4.69) is 5.43 Å². The molecule has 0 aliphatic carbocycles. The number of nitrogens with zero attached hydrogens (tertiary/aromatic N) is 1. The van der Waals surface area contributed by atoms with Crippen LogP contribution in [0, 0.1) is 0 Å². The molecule has 2 unspecified atom stereocenters. The SMILES string of the molecule is CNN(C(C)O)C(C)O. The highest BCUT2D eigenvalue weighted by atomic mass is 16.3. The number of hydrogen-bond donors (Lipinski definition) is 3. The third kappa shape index (κ3) is 2.76. The molecule has 4 nitrogen and oxygen atoms in total. The Labute approximate surface area is 55.1 Å². The zero-order valence-electron chi connectivity index (χ0n) is 6.00. The fourth-order valence-corrected chi connectivity index (χ4v) is 0.686. The van der Waals surface area contributed by atoms with Gasteiger partial charge in [0, 0.05) is 0 Å². The normalized spacial score (nSPS) is 18.0. The highest BCUT2D eigenvalue weighted by Gasteiger charge is 2.12. The Morgan fingerprint density at radius 3 is 1.56 bits per heavy atom. The van der Waals surface area contributed by atoms with Crippen LogP contribution >= 0.6 is 0 Å². The lowest BCUT2D eigenvalue weighted by Gasteiger charge is -2.26. The second-order valence-electron chi connectivity index (χ2n) is 1.89. The first-order valence-electron chi connectivity index (χ1n) is 2.91. The van der Waals surface area contributed by atoms with Gasteiger partial charge in [0.05, 0.1) is 0 Å². The Hall–Kier alpha value is -0.160. The van der Waals surface area contributed by atoms with Crippen molar-refractivity contribution in [3.05, 3.63) is 0 Å². The first-order valence-corrected chi connectivity index (χ1v) is 2.91. The quantitative estimate of drug-likeness (QED) is 0.346. The van der Waals surface area contributed by atoms with Crippen LogP contribution in [0.4, 0.5) is 0 Å². The fraction of sp³-hybridized carbons (Fsp3) is 1.00. The molecule has 0 fully saturated rings. The Morgan fingerprint density at radius 2 is 1.56 bits per heavy atom. The van der Waals surface area contributed by atoms with E-state index in [1.54, 1.807) is 20.9 Å². The summed E-state index contributed by atoms with van der Waals surface area (Å²) in [7, 11) is 1.64. The molecular formula is C5H14N2O2. The van der Waals surface area contributed by atoms with Gasteiger partial charge >= 0.3 is 0 Å². The van der Waals surface area contributed by atoms with Crippen molar-refractivity contribution in [1.82, 2.24) is 10.4 Å². The lowest BCUT2D eigenvalue weighted by atomic mass is 10.5. The third-order valence-electron chi connectivity index (χ3n) is 1.06. The molecule has 0 aliphatic heterocycles. The molecule has 0 amide bonds. The minimum atomic E-state index is -0.671. The van der Waals surface area contributed by atoms with Crippen molar-refractivity contribution < 1.29 is 10.2 Å². The van der Waals surface area contributed by atoms with Gasteiger partial charge in [-0.3, -0.25) is 5.43 Å². The maximum Gasteiger partial charge on any atom is 0.119 e. The van der Waals surface area contributed by atoms with Crippen LogP contribution in [0.15, 0.2) is 0 Å². The molecule has 4 heteroatoms. The molecule has 0 rings (SSSR count). The molecule has 56 valence electrons. The van der Waals surface area contributed by atoms with Crippen LogP contribution in [0.25, 0.3) is 0 Å².